The SMILES string of the molecule is CC1(c2cnc(CCCCl)o2)CCCC1. The third-order valence-corrected chi connectivity index (χ3v) is 3.65. The van der Waals surface area contributed by atoms with E-state index in [0.717, 1.165) is 24.5 Å². The van der Waals surface area contributed by atoms with E-state index in [4.69, 9.17) is 16.0 Å². The van der Waals surface area contributed by atoms with Gasteiger partial charge in [-0.2, -0.15) is 0 Å². The number of aromatic nitrogens is 1. The smallest absolute Gasteiger partial charge is 0.194 e. The quantitative estimate of drug-likeness (QED) is 0.734. The second-order valence-corrected chi connectivity index (χ2v) is 5.06. The van der Waals surface area contributed by atoms with Crippen LogP contribution in [-0.4, -0.2) is 10.9 Å². The average Bonchev–Trinajstić information content (AvgIpc) is 2.84. The molecule has 0 saturated heterocycles. The highest BCUT2D eigenvalue weighted by molar-refractivity contribution is 6.17. The lowest BCUT2D eigenvalue weighted by molar-refractivity contribution is 0.347. The first kappa shape index (κ1) is 11.0. The highest BCUT2D eigenvalue weighted by Crippen LogP contribution is 2.40. The highest BCUT2D eigenvalue weighted by Gasteiger charge is 2.33. The molecule has 0 atom stereocenters. The van der Waals surface area contributed by atoms with Crippen molar-refractivity contribution in [3.05, 3.63) is 17.8 Å². The largest absolute Gasteiger partial charge is 0.445 e. The standard InChI is InChI=1S/C12H18ClNO/c1-12(6-2-3-7-12)10-9-14-11(15-10)5-4-8-13/h9H,2-8H2,1H3. The zero-order valence-corrected chi connectivity index (χ0v) is 10.0. The summed E-state index contributed by atoms with van der Waals surface area (Å²) in [5, 5.41) is 0. The van der Waals surface area contributed by atoms with Crippen LogP contribution in [0, 0.1) is 0 Å². The van der Waals surface area contributed by atoms with E-state index in [1.54, 1.807) is 0 Å². The van der Waals surface area contributed by atoms with Crippen LogP contribution in [-0.2, 0) is 11.8 Å². The number of halogens is 1. The minimum atomic E-state index is 0.242. The first-order chi connectivity index (χ1) is 7.24. The minimum Gasteiger partial charge on any atom is -0.445 e. The van der Waals surface area contributed by atoms with E-state index in [9.17, 15) is 0 Å². The van der Waals surface area contributed by atoms with E-state index >= 15 is 0 Å². The van der Waals surface area contributed by atoms with Crippen LogP contribution in [0.25, 0.3) is 0 Å². The average molecular weight is 228 g/mol. The number of alkyl halides is 1. The Labute approximate surface area is 96.0 Å². The molecule has 0 amide bonds. The molecule has 84 valence electrons. The first-order valence-electron chi connectivity index (χ1n) is 5.76. The molecule has 15 heavy (non-hydrogen) atoms. The van der Waals surface area contributed by atoms with Crippen molar-refractivity contribution in [1.82, 2.24) is 4.98 Å². The van der Waals surface area contributed by atoms with Crippen LogP contribution in [0.3, 0.4) is 0 Å². The van der Waals surface area contributed by atoms with Crippen molar-refractivity contribution in [1.29, 1.82) is 0 Å². The molecular weight excluding hydrogens is 210 g/mol. The molecule has 1 aliphatic rings. The summed E-state index contributed by atoms with van der Waals surface area (Å²) < 4.78 is 5.80. The van der Waals surface area contributed by atoms with Crippen LogP contribution in [0.1, 0.15) is 50.7 Å². The summed E-state index contributed by atoms with van der Waals surface area (Å²) in [4.78, 5) is 4.32. The fourth-order valence-electron chi connectivity index (χ4n) is 2.32. The predicted molar refractivity (Wildman–Crippen MR) is 61.4 cm³/mol. The normalized spacial score (nSPS) is 19.6. The van der Waals surface area contributed by atoms with Gasteiger partial charge in [0.05, 0.1) is 6.20 Å². The summed E-state index contributed by atoms with van der Waals surface area (Å²) in [5.41, 5.74) is 0.242. The molecule has 2 rings (SSSR count). The third-order valence-electron chi connectivity index (χ3n) is 3.38. The molecule has 1 saturated carbocycles. The van der Waals surface area contributed by atoms with Crippen LogP contribution in [0.2, 0.25) is 0 Å². The second-order valence-electron chi connectivity index (χ2n) is 4.68. The summed E-state index contributed by atoms with van der Waals surface area (Å²) >= 11 is 5.64. The highest BCUT2D eigenvalue weighted by atomic mass is 35.5. The maximum atomic E-state index is 5.80. The van der Waals surface area contributed by atoms with Crippen molar-refractivity contribution < 1.29 is 4.42 Å². The summed E-state index contributed by atoms with van der Waals surface area (Å²) in [7, 11) is 0. The van der Waals surface area contributed by atoms with Crippen LogP contribution in [0.5, 0.6) is 0 Å². The van der Waals surface area contributed by atoms with E-state index in [1.807, 2.05) is 6.20 Å². The van der Waals surface area contributed by atoms with Gasteiger partial charge in [0.25, 0.3) is 0 Å². The lowest BCUT2D eigenvalue weighted by Gasteiger charge is -2.19. The van der Waals surface area contributed by atoms with Gasteiger partial charge in [-0.25, -0.2) is 4.98 Å². The third kappa shape index (κ3) is 2.36. The lowest BCUT2D eigenvalue weighted by Crippen LogP contribution is -2.15. The van der Waals surface area contributed by atoms with Crippen molar-refractivity contribution >= 4 is 11.6 Å². The maximum absolute atomic E-state index is 5.80. The van der Waals surface area contributed by atoms with E-state index in [0.29, 0.717) is 5.88 Å². The Kier molecular flexibility index (Phi) is 3.35. The zero-order chi connectivity index (χ0) is 10.7. The van der Waals surface area contributed by atoms with Gasteiger partial charge >= 0.3 is 0 Å². The fraction of sp³-hybridized carbons (Fsp3) is 0.750. The lowest BCUT2D eigenvalue weighted by atomic mass is 9.87. The molecule has 1 aromatic heterocycles. The maximum Gasteiger partial charge on any atom is 0.194 e. The Morgan fingerprint density at radius 1 is 1.47 bits per heavy atom. The van der Waals surface area contributed by atoms with Crippen LogP contribution in [0.15, 0.2) is 10.6 Å². The molecule has 0 spiro atoms. The van der Waals surface area contributed by atoms with Crippen molar-refractivity contribution in [2.45, 2.75) is 50.9 Å². The number of nitrogens with zero attached hydrogens (tertiary/aromatic N) is 1. The van der Waals surface area contributed by atoms with Gasteiger partial charge in [0.15, 0.2) is 5.89 Å². The van der Waals surface area contributed by atoms with Gasteiger partial charge in [-0.3, -0.25) is 0 Å². The van der Waals surface area contributed by atoms with Crippen molar-refractivity contribution in [2.24, 2.45) is 0 Å². The van der Waals surface area contributed by atoms with Crippen molar-refractivity contribution in [3.63, 3.8) is 0 Å². The van der Waals surface area contributed by atoms with E-state index in [2.05, 4.69) is 11.9 Å². The van der Waals surface area contributed by atoms with Crippen LogP contribution >= 0.6 is 11.6 Å². The molecular formula is C12H18ClNO. The molecule has 3 heteroatoms. The Morgan fingerprint density at radius 2 is 2.20 bits per heavy atom. The monoisotopic (exact) mass is 227 g/mol. The topological polar surface area (TPSA) is 26.0 Å². The van der Waals surface area contributed by atoms with E-state index in [1.165, 1.54) is 25.7 Å². The summed E-state index contributed by atoms with van der Waals surface area (Å²) in [5.74, 6) is 2.60. The molecule has 1 aliphatic carbocycles. The number of rotatable bonds is 4. The number of aryl methyl sites for hydroxylation is 1. The Hall–Kier alpha value is -0.500. The van der Waals surface area contributed by atoms with Crippen LogP contribution < -0.4 is 0 Å². The molecule has 1 heterocycles. The predicted octanol–water partition coefficient (Wildman–Crippen LogP) is 3.68. The molecule has 1 aromatic rings. The van der Waals surface area contributed by atoms with Gasteiger partial charge in [-0.1, -0.05) is 19.8 Å². The Bertz CT molecular complexity index is 315. The minimum absolute atomic E-state index is 0.242. The second kappa shape index (κ2) is 4.56. The van der Waals surface area contributed by atoms with Gasteiger partial charge in [0, 0.05) is 17.7 Å². The first-order valence-corrected chi connectivity index (χ1v) is 6.29. The fourth-order valence-corrected chi connectivity index (χ4v) is 2.46. The molecule has 2 nitrogen and oxygen atoms in total. The molecule has 0 unspecified atom stereocenters. The van der Waals surface area contributed by atoms with Crippen molar-refractivity contribution in [2.75, 3.05) is 5.88 Å². The number of oxazole rings is 1. The van der Waals surface area contributed by atoms with Crippen molar-refractivity contribution in [3.8, 4) is 0 Å². The van der Waals surface area contributed by atoms with Gasteiger partial charge in [-0.05, 0) is 19.3 Å². The summed E-state index contributed by atoms with van der Waals surface area (Å²) in [6.45, 7) is 2.28. The molecule has 0 bridgehead atoms. The summed E-state index contributed by atoms with van der Waals surface area (Å²) in [6.07, 6.45) is 8.81. The van der Waals surface area contributed by atoms with Crippen LogP contribution in [0.4, 0.5) is 0 Å². The van der Waals surface area contributed by atoms with Gasteiger partial charge in [0.2, 0.25) is 0 Å². The summed E-state index contributed by atoms with van der Waals surface area (Å²) in [6, 6.07) is 0. The van der Waals surface area contributed by atoms with Gasteiger partial charge in [0.1, 0.15) is 5.76 Å². The zero-order valence-electron chi connectivity index (χ0n) is 9.26. The van der Waals surface area contributed by atoms with E-state index in [-0.39, 0.29) is 5.41 Å². The molecule has 0 aliphatic heterocycles. The molecule has 0 N–H and O–H groups in total. The van der Waals surface area contributed by atoms with Gasteiger partial charge < -0.3 is 4.42 Å². The Balaban J connectivity index is 2.05. The molecule has 0 radical (unpaired) electrons. The number of hydrogen-bond acceptors (Lipinski definition) is 2. The molecule has 0 aromatic carbocycles. The van der Waals surface area contributed by atoms with Gasteiger partial charge in [-0.15, -0.1) is 11.6 Å². The molecule has 1 fully saturated rings. The number of hydrogen-bond donors (Lipinski definition) is 0. The van der Waals surface area contributed by atoms with E-state index < -0.39 is 0 Å². The Morgan fingerprint density at radius 3 is 2.87 bits per heavy atom.